The quantitative estimate of drug-likeness (QED) is 0.688. The zero-order chi connectivity index (χ0) is 13.8. The van der Waals surface area contributed by atoms with E-state index in [4.69, 9.17) is 10.9 Å². The Bertz CT molecular complexity index is 500. The number of anilines is 2. The predicted molar refractivity (Wildman–Crippen MR) is 74.8 cm³/mol. The molecule has 0 fully saturated rings. The first kappa shape index (κ1) is 14.8. The molecule has 102 valence electrons. The van der Waals surface area contributed by atoms with Crippen LogP contribution in [0.5, 0.6) is 0 Å². The highest BCUT2D eigenvalue weighted by Crippen LogP contribution is 2.21. The first-order chi connectivity index (χ1) is 8.36. The van der Waals surface area contributed by atoms with Crippen LogP contribution in [-0.2, 0) is 10.0 Å². The molecule has 5 N–H and O–H groups in total. The molecule has 0 saturated heterocycles. The van der Waals surface area contributed by atoms with Crippen molar-refractivity contribution in [2.24, 2.45) is 5.14 Å². The second kappa shape index (κ2) is 6.06. The van der Waals surface area contributed by atoms with Crippen molar-refractivity contribution < 1.29 is 8.42 Å². The minimum atomic E-state index is -3.72. The van der Waals surface area contributed by atoms with Crippen molar-refractivity contribution in [3.8, 4) is 0 Å². The van der Waals surface area contributed by atoms with Crippen LogP contribution < -0.4 is 16.2 Å². The zero-order valence-corrected chi connectivity index (χ0v) is 11.6. The Morgan fingerprint density at radius 1 is 1.28 bits per heavy atom. The summed E-state index contributed by atoms with van der Waals surface area (Å²) in [6.07, 6.45) is 3.05. The van der Waals surface area contributed by atoms with Crippen molar-refractivity contribution in [1.82, 2.24) is 0 Å². The van der Waals surface area contributed by atoms with Crippen LogP contribution in [0.15, 0.2) is 23.1 Å². The third-order valence-corrected chi connectivity index (χ3v) is 3.65. The van der Waals surface area contributed by atoms with E-state index < -0.39 is 10.0 Å². The van der Waals surface area contributed by atoms with Crippen molar-refractivity contribution >= 4 is 21.4 Å². The van der Waals surface area contributed by atoms with Gasteiger partial charge in [0.1, 0.15) is 0 Å². The molecule has 1 aromatic carbocycles. The fourth-order valence-electron chi connectivity index (χ4n) is 1.83. The molecule has 0 amide bonds. The summed E-state index contributed by atoms with van der Waals surface area (Å²) in [5, 5.41) is 8.39. The molecule has 0 aliphatic carbocycles. The lowest BCUT2D eigenvalue weighted by atomic mass is 10.1. The van der Waals surface area contributed by atoms with Crippen molar-refractivity contribution in [1.29, 1.82) is 0 Å². The number of nitrogens with one attached hydrogen (secondary N) is 1. The van der Waals surface area contributed by atoms with Crippen LogP contribution in [0, 0.1) is 0 Å². The van der Waals surface area contributed by atoms with E-state index in [1.807, 2.05) is 0 Å². The van der Waals surface area contributed by atoms with Gasteiger partial charge in [0.2, 0.25) is 10.0 Å². The molecular weight excluding hydrogens is 250 g/mol. The number of primary sulfonamides is 1. The molecule has 0 aliphatic rings. The molecule has 0 heterocycles. The van der Waals surface area contributed by atoms with E-state index in [1.165, 1.54) is 12.1 Å². The smallest absolute Gasteiger partial charge is 0.238 e. The molecule has 18 heavy (non-hydrogen) atoms. The van der Waals surface area contributed by atoms with Crippen molar-refractivity contribution in [2.45, 2.75) is 44.0 Å². The number of hydrogen-bond donors (Lipinski definition) is 3. The number of rotatable bonds is 6. The van der Waals surface area contributed by atoms with Gasteiger partial charge in [0, 0.05) is 17.4 Å². The van der Waals surface area contributed by atoms with Gasteiger partial charge in [0.05, 0.1) is 4.90 Å². The van der Waals surface area contributed by atoms with Gasteiger partial charge in [-0.3, -0.25) is 0 Å². The summed E-state index contributed by atoms with van der Waals surface area (Å²) in [4.78, 5) is 0.0383. The van der Waals surface area contributed by atoms with E-state index in [-0.39, 0.29) is 4.90 Å². The van der Waals surface area contributed by atoms with Crippen molar-refractivity contribution in [3.63, 3.8) is 0 Å². The van der Waals surface area contributed by atoms with E-state index in [1.54, 1.807) is 6.07 Å². The summed E-state index contributed by atoms with van der Waals surface area (Å²) in [6, 6.07) is 4.91. The summed E-state index contributed by atoms with van der Waals surface area (Å²) < 4.78 is 22.6. The molecule has 0 saturated carbocycles. The average Bonchev–Trinajstić information content (AvgIpc) is 2.26. The largest absolute Gasteiger partial charge is 0.399 e. The lowest BCUT2D eigenvalue weighted by molar-refractivity contribution is 0.597. The normalized spacial score (nSPS) is 13.3. The first-order valence-corrected chi connectivity index (χ1v) is 7.61. The average molecular weight is 271 g/mol. The fourth-order valence-corrected chi connectivity index (χ4v) is 2.42. The molecule has 0 aromatic heterocycles. The van der Waals surface area contributed by atoms with Gasteiger partial charge in [-0.25, -0.2) is 13.6 Å². The third kappa shape index (κ3) is 4.19. The number of hydrogen-bond acceptors (Lipinski definition) is 4. The van der Waals surface area contributed by atoms with Crippen LogP contribution in [0.2, 0.25) is 0 Å². The van der Waals surface area contributed by atoms with E-state index in [0.717, 1.165) is 19.3 Å². The maximum Gasteiger partial charge on any atom is 0.238 e. The Labute approximate surface area is 109 Å². The molecule has 0 spiro atoms. The van der Waals surface area contributed by atoms with Gasteiger partial charge in [-0.15, -0.1) is 0 Å². The molecule has 5 nitrogen and oxygen atoms in total. The van der Waals surface area contributed by atoms with Crippen LogP contribution in [-0.4, -0.2) is 14.5 Å². The maximum atomic E-state index is 11.3. The highest BCUT2D eigenvalue weighted by atomic mass is 32.2. The van der Waals surface area contributed by atoms with E-state index in [0.29, 0.717) is 17.4 Å². The number of nitrogens with two attached hydrogens (primary N) is 2. The van der Waals surface area contributed by atoms with Gasteiger partial charge in [0.25, 0.3) is 0 Å². The van der Waals surface area contributed by atoms with E-state index >= 15 is 0 Å². The highest BCUT2D eigenvalue weighted by molar-refractivity contribution is 7.89. The minimum Gasteiger partial charge on any atom is -0.399 e. The minimum absolute atomic E-state index is 0.0383. The SMILES string of the molecule is CCCC(CC)Nc1cc(N)cc(S(N)(=O)=O)c1. The Kier molecular flexibility index (Phi) is 4.98. The standard InChI is InChI=1S/C12H21N3O2S/c1-3-5-10(4-2)15-11-6-9(13)7-12(8-11)18(14,16)17/h6-8,10,15H,3-5,13H2,1-2H3,(H2,14,16,17). The Morgan fingerprint density at radius 3 is 2.44 bits per heavy atom. The molecule has 0 aliphatic heterocycles. The number of nitrogen functional groups attached to an aromatic ring is 1. The second-order valence-electron chi connectivity index (χ2n) is 4.37. The zero-order valence-electron chi connectivity index (χ0n) is 10.8. The Morgan fingerprint density at radius 2 is 1.94 bits per heavy atom. The van der Waals surface area contributed by atoms with Crippen LogP contribution >= 0.6 is 0 Å². The molecule has 1 atom stereocenters. The molecule has 1 rings (SSSR count). The Hall–Kier alpha value is -1.27. The van der Waals surface area contributed by atoms with Gasteiger partial charge >= 0.3 is 0 Å². The summed E-state index contributed by atoms with van der Waals surface area (Å²) >= 11 is 0. The van der Waals surface area contributed by atoms with Crippen LogP contribution in [0.25, 0.3) is 0 Å². The predicted octanol–water partition coefficient (Wildman–Crippen LogP) is 1.91. The van der Waals surface area contributed by atoms with Crippen LogP contribution in [0.1, 0.15) is 33.1 Å². The summed E-state index contributed by atoms with van der Waals surface area (Å²) in [7, 11) is -3.72. The third-order valence-electron chi connectivity index (χ3n) is 2.76. The molecule has 6 heteroatoms. The van der Waals surface area contributed by atoms with Crippen LogP contribution in [0.3, 0.4) is 0 Å². The topological polar surface area (TPSA) is 98.2 Å². The van der Waals surface area contributed by atoms with Gasteiger partial charge in [-0.05, 0) is 31.0 Å². The van der Waals surface area contributed by atoms with Crippen LogP contribution in [0.4, 0.5) is 11.4 Å². The van der Waals surface area contributed by atoms with Crippen molar-refractivity contribution in [2.75, 3.05) is 11.1 Å². The Balaban J connectivity index is 2.99. The summed E-state index contributed by atoms with van der Waals surface area (Å²) in [5.74, 6) is 0. The lowest BCUT2D eigenvalue weighted by Crippen LogP contribution is -2.19. The second-order valence-corrected chi connectivity index (χ2v) is 5.94. The molecule has 1 unspecified atom stereocenters. The first-order valence-electron chi connectivity index (χ1n) is 6.06. The fraction of sp³-hybridized carbons (Fsp3) is 0.500. The van der Waals surface area contributed by atoms with Gasteiger partial charge in [0.15, 0.2) is 0 Å². The van der Waals surface area contributed by atoms with Gasteiger partial charge < -0.3 is 11.1 Å². The molecule has 0 radical (unpaired) electrons. The van der Waals surface area contributed by atoms with Crippen molar-refractivity contribution in [3.05, 3.63) is 18.2 Å². The summed E-state index contributed by atoms with van der Waals surface area (Å²) in [5.41, 5.74) is 6.77. The number of benzene rings is 1. The van der Waals surface area contributed by atoms with Gasteiger partial charge in [-0.2, -0.15) is 0 Å². The maximum absolute atomic E-state index is 11.3. The van der Waals surface area contributed by atoms with Gasteiger partial charge in [-0.1, -0.05) is 20.3 Å². The monoisotopic (exact) mass is 271 g/mol. The van der Waals surface area contributed by atoms with E-state index in [9.17, 15) is 8.42 Å². The lowest BCUT2D eigenvalue weighted by Gasteiger charge is -2.18. The molecular formula is C12H21N3O2S. The highest BCUT2D eigenvalue weighted by Gasteiger charge is 2.11. The summed E-state index contributed by atoms with van der Waals surface area (Å²) in [6.45, 7) is 4.19. The molecule has 0 bridgehead atoms. The van der Waals surface area contributed by atoms with E-state index in [2.05, 4.69) is 19.2 Å². The molecule has 1 aromatic rings. The number of sulfonamides is 1.